The number of fused-ring (bicyclic) bond motifs is 1. The van der Waals surface area contributed by atoms with Crippen LogP contribution >= 0.6 is 0 Å². The average Bonchev–Trinajstić information content (AvgIpc) is 3.04. The number of carbonyl (C=O) groups excluding carboxylic acids is 1. The van der Waals surface area contributed by atoms with Gasteiger partial charge in [-0.05, 0) is 38.3 Å². The molecule has 0 aliphatic heterocycles. The molecule has 26 heavy (non-hydrogen) atoms. The Morgan fingerprint density at radius 1 is 1.38 bits per heavy atom. The van der Waals surface area contributed by atoms with E-state index in [1.54, 1.807) is 7.05 Å². The van der Waals surface area contributed by atoms with Crippen molar-refractivity contribution in [2.45, 2.75) is 38.3 Å². The summed E-state index contributed by atoms with van der Waals surface area (Å²) in [5.41, 5.74) is 4.08. The normalized spacial score (nSPS) is 16.5. The van der Waals surface area contributed by atoms with Crippen molar-refractivity contribution in [3.8, 4) is 0 Å². The van der Waals surface area contributed by atoms with Crippen molar-refractivity contribution in [2.75, 3.05) is 27.2 Å². The molecule has 0 radical (unpaired) electrons. The minimum atomic E-state index is -0.120. The van der Waals surface area contributed by atoms with Gasteiger partial charge in [0.25, 0.3) is 5.91 Å². The Balaban J connectivity index is 1.83. The molecule has 0 saturated heterocycles. The van der Waals surface area contributed by atoms with E-state index in [0.29, 0.717) is 18.3 Å². The third-order valence-corrected chi connectivity index (χ3v) is 5.29. The van der Waals surface area contributed by atoms with Gasteiger partial charge in [-0.2, -0.15) is 5.10 Å². The second-order valence-electron chi connectivity index (χ2n) is 6.91. The number of amides is 1. The molecular formula is C20H28N4O2. The van der Waals surface area contributed by atoms with Crippen molar-refractivity contribution in [2.24, 2.45) is 0 Å². The SMILES string of the molecule is CNC(=O)c1nn(CCc2ccccc2)c2c1CC(N(C)CCO)CC2. The van der Waals surface area contributed by atoms with Crippen LogP contribution in [-0.4, -0.2) is 59.0 Å². The standard InChI is InChI=1S/C20H28N4O2/c1-21-20(26)19-17-14-16(23(2)12-13-25)8-9-18(17)24(22-19)11-10-15-6-4-3-5-7-15/h3-7,16,25H,8-14H2,1-2H3,(H,21,26). The summed E-state index contributed by atoms with van der Waals surface area (Å²) in [7, 11) is 3.68. The Morgan fingerprint density at radius 2 is 2.15 bits per heavy atom. The minimum Gasteiger partial charge on any atom is -0.395 e. The summed E-state index contributed by atoms with van der Waals surface area (Å²) in [6.07, 6.45) is 3.64. The number of aromatic nitrogens is 2. The summed E-state index contributed by atoms with van der Waals surface area (Å²) in [5, 5.41) is 16.6. The molecule has 140 valence electrons. The highest BCUT2D eigenvalue weighted by atomic mass is 16.3. The molecule has 1 unspecified atom stereocenters. The summed E-state index contributed by atoms with van der Waals surface area (Å²) >= 11 is 0. The molecule has 2 aromatic rings. The smallest absolute Gasteiger partial charge is 0.271 e. The zero-order valence-corrected chi connectivity index (χ0v) is 15.6. The van der Waals surface area contributed by atoms with Gasteiger partial charge in [0.1, 0.15) is 0 Å². The van der Waals surface area contributed by atoms with Crippen LogP contribution in [0.5, 0.6) is 0 Å². The van der Waals surface area contributed by atoms with Crippen molar-refractivity contribution in [1.29, 1.82) is 0 Å². The van der Waals surface area contributed by atoms with E-state index in [9.17, 15) is 9.90 Å². The summed E-state index contributed by atoms with van der Waals surface area (Å²) in [5.74, 6) is -0.120. The fourth-order valence-corrected chi connectivity index (χ4v) is 3.75. The van der Waals surface area contributed by atoms with Gasteiger partial charge in [0.2, 0.25) is 0 Å². The van der Waals surface area contributed by atoms with Crippen molar-refractivity contribution in [3.05, 3.63) is 52.8 Å². The van der Waals surface area contributed by atoms with E-state index < -0.39 is 0 Å². The average molecular weight is 356 g/mol. The van der Waals surface area contributed by atoms with Gasteiger partial charge in [-0.25, -0.2) is 0 Å². The van der Waals surface area contributed by atoms with Gasteiger partial charge in [0.05, 0.1) is 6.61 Å². The molecule has 1 amide bonds. The molecular weight excluding hydrogens is 328 g/mol. The lowest BCUT2D eigenvalue weighted by molar-refractivity contribution is 0.0955. The Kier molecular flexibility index (Phi) is 6.06. The van der Waals surface area contributed by atoms with Crippen LogP contribution in [0.4, 0.5) is 0 Å². The van der Waals surface area contributed by atoms with E-state index in [-0.39, 0.29) is 12.5 Å². The highest BCUT2D eigenvalue weighted by molar-refractivity contribution is 5.93. The molecule has 6 heteroatoms. The summed E-state index contributed by atoms with van der Waals surface area (Å²) < 4.78 is 2.02. The van der Waals surface area contributed by atoms with Crippen LogP contribution in [0.1, 0.15) is 33.7 Å². The van der Waals surface area contributed by atoms with E-state index in [1.165, 1.54) is 11.3 Å². The van der Waals surface area contributed by atoms with Gasteiger partial charge in [-0.1, -0.05) is 30.3 Å². The Labute approximate surface area is 154 Å². The number of carbonyl (C=O) groups is 1. The number of hydrogen-bond donors (Lipinski definition) is 2. The monoisotopic (exact) mass is 356 g/mol. The lowest BCUT2D eigenvalue weighted by atomic mass is 9.90. The molecule has 3 rings (SSSR count). The molecule has 0 bridgehead atoms. The first-order valence-corrected chi connectivity index (χ1v) is 9.29. The number of nitrogens with zero attached hydrogens (tertiary/aromatic N) is 3. The van der Waals surface area contributed by atoms with E-state index in [2.05, 4.69) is 27.4 Å². The van der Waals surface area contributed by atoms with E-state index in [4.69, 9.17) is 0 Å². The molecule has 0 fully saturated rings. The highest BCUT2D eigenvalue weighted by Crippen LogP contribution is 2.27. The van der Waals surface area contributed by atoms with Crippen LogP contribution < -0.4 is 5.32 Å². The van der Waals surface area contributed by atoms with Gasteiger partial charge in [0.15, 0.2) is 5.69 Å². The third-order valence-electron chi connectivity index (χ3n) is 5.29. The number of benzene rings is 1. The van der Waals surface area contributed by atoms with Crippen molar-refractivity contribution >= 4 is 5.91 Å². The zero-order chi connectivity index (χ0) is 18.5. The van der Waals surface area contributed by atoms with Crippen LogP contribution in [0.2, 0.25) is 0 Å². The Hall–Kier alpha value is -2.18. The maximum Gasteiger partial charge on any atom is 0.271 e. The molecule has 1 heterocycles. The van der Waals surface area contributed by atoms with Gasteiger partial charge < -0.3 is 15.3 Å². The molecule has 0 spiro atoms. The van der Waals surface area contributed by atoms with Crippen molar-refractivity contribution in [3.63, 3.8) is 0 Å². The van der Waals surface area contributed by atoms with Crippen molar-refractivity contribution < 1.29 is 9.90 Å². The number of hydrogen-bond acceptors (Lipinski definition) is 4. The molecule has 6 nitrogen and oxygen atoms in total. The second-order valence-corrected chi connectivity index (χ2v) is 6.91. The van der Waals surface area contributed by atoms with Gasteiger partial charge in [-0.15, -0.1) is 0 Å². The molecule has 1 aliphatic carbocycles. The lowest BCUT2D eigenvalue weighted by Gasteiger charge is -2.31. The minimum absolute atomic E-state index is 0.120. The van der Waals surface area contributed by atoms with Gasteiger partial charge in [-0.3, -0.25) is 9.48 Å². The number of nitrogens with one attached hydrogen (secondary N) is 1. The fraction of sp³-hybridized carbons (Fsp3) is 0.500. The fourth-order valence-electron chi connectivity index (χ4n) is 3.75. The number of rotatable bonds is 7. The second kappa shape index (κ2) is 8.47. The topological polar surface area (TPSA) is 70.4 Å². The van der Waals surface area contributed by atoms with E-state index >= 15 is 0 Å². The number of aliphatic hydroxyl groups excluding tert-OH is 1. The van der Waals surface area contributed by atoms with Crippen LogP contribution in [0.15, 0.2) is 30.3 Å². The van der Waals surface area contributed by atoms with Gasteiger partial charge >= 0.3 is 0 Å². The first-order chi connectivity index (χ1) is 12.6. The molecule has 0 saturated carbocycles. The Morgan fingerprint density at radius 3 is 2.85 bits per heavy atom. The maximum atomic E-state index is 12.3. The molecule has 2 N–H and O–H groups in total. The summed E-state index contributed by atoms with van der Waals surface area (Å²) in [4.78, 5) is 14.5. The number of likely N-dealkylation sites (N-methyl/N-ethyl adjacent to an activating group) is 1. The van der Waals surface area contributed by atoms with Crippen LogP contribution in [0, 0.1) is 0 Å². The molecule has 1 aromatic carbocycles. The van der Waals surface area contributed by atoms with E-state index in [1.807, 2.05) is 29.9 Å². The zero-order valence-electron chi connectivity index (χ0n) is 15.6. The van der Waals surface area contributed by atoms with Crippen LogP contribution in [-0.2, 0) is 25.8 Å². The van der Waals surface area contributed by atoms with Crippen molar-refractivity contribution in [1.82, 2.24) is 20.0 Å². The lowest BCUT2D eigenvalue weighted by Crippen LogP contribution is -2.38. The van der Waals surface area contributed by atoms with E-state index in [0.717, 1.165) is 37.8 Å². The van der Waals surface area contributed by atoms with Crippen LogP contribution in [0.3, 0.4) is 0 Å². The summed E-state index contributed by atoms with van der Waals surface area (Å²) in [6.45, 7) is 1.58. The van der Waals surface area contributed by atoms with Crippen LogP contribution in [0.25, 0.3) is 0 Å². The first-order valence-electron chi connectivity index (χ1n) is 9.29. The predicted molar refractivity (Wildman–Crippen MR) is 101 cm³/mol. The maximum absolute atomic E-state index is 12.3. The molecule has 1 aliphatic rings. The number of aryl methyl sites for hydroxylation is 2. The number of aliphatic hydroxyl groups is 1. The Bertz CT molecular complexity index is 742. The largest absolute Gasteiger partial charge is 0.395 e. The quantitative estimate of drug-likeness (QED) is 0.784. The molecule has 1 atom stereocenters. The predicted octanol–water partition coefficient (Wildman–Crippen LogP) is 1.27. The third kappa shape index (κ3) is 3.97. The van der Waals surface area contributed by atoms with Gasteiger partial charge in [0, 0.05) is 37.4 Å². The molecule has 1 aromatic heterocycles. The summed E-state index contributed by atoms with van der Waals surface area (Å²) in [6, 6.07) is 10.7. The highest BCUT2D eigenvalue weighted by Gasteiger charge is 2.30. The first kappa shape index (κ1) is 18.6.